The molecule has 1 aliphatic heterocycles. The maximum absolute atomic E-state index is 12.6. The lowest BCUT2D eigenvalue weighted by Crippen LogP contribution is -2.30. The molecule has 0 amide bonds. The monoisotopic (exact) mass is 284 g/mol. The number of hydrogen-bond donors (Lipinski definition) is 0. The van der Waals surface area contributed by atoms with Crippen molar-refractivity contribution < 1.29 is 21.6 Å². The SMILES string of the molecule is O=S(=O)(Cl)c1ccc(C2(C(F)(F)F)N=N2)cc1. The third-order valence-electron chi connectivity index (χ3n) is 2.23. The van der Waals surface area contributed by atoms with Crippen LogP contribution in [0.5, 0.6) is 0 Å². The fraction of sp³-hybridized carbons (Fsp3) is 0.250. The molecule has 92 valence electrons. The molecule has 1 aliphatic rings. The topological polar surface area (TPSA) is 58.9 Å². The molecule has 1 aromatic rings. The van der Waals surface area contributed by atoms with Crippen molar-refractivity contribution in [2.24, 2.45) is 10.2 Å². The fourth-order valence-corrected chi connectivity index (χ4v) is 2.06. The van der Waals surface area contributed by atoms with E-state index >= 15 is 0 Å². The largest absolute Gasteiger partial charge is 0.442 e. The second-order valence-corrected chi connectivity index (χ2v) is 5.90. The summed E-state index contributed by atoms with van der Waals surface area (Å²) in [5, 5.41) is 5.97. The van der Waals surface area contributed by atoms with E-state index in [1.54, 1.807) is 0 Å². The minimum absolute atomic E-state index is 0.242. The van der Waals surface area contributed by atoms with Crippen LogP contribution >= 0.6 is 10.7 Å². The third-order valence-corrected chi connectivity index (χ3v) is 3.60. The summed E-state index contributed by atoms with van der Waals surface area (Å²) in [6.45, 7) is 0. The van der Waals surface area contributed by atoms with Crippen LogP contribution in [0.4, 0.5) is 13.2 Å². The molecule has 0 atom stereocenters. The Kier molecular flexibility index (Phi) is 2.48. The van der Waals surface area contributed by atoms with E-state index < -0.39 is 20.9 Å². The Labute approximate surface area is 98.5 Å². The Hall–Kier alpha value is -1.15. The predicted molar refractivity (Wildman–Crippen MR) is 52.1 cm³/mol. The van der Waals surface area contributed by atoms with Crippen molar-refractivity contribution >= 4 is 19.7 Å². The minimum Gasteiger partial charge on any atom is -0.207 e. The first-order valence-electron chi connectivity index (χ1n) is 4.23. The Bertz CT molecular complexity index is 574. The molecule has 0 aromatic heterocycles. The van der Waals surface area contributed by atoms with Gasteiger partial charge in [0.2, 0.25) is 0 Å². The standard InChI is InChI=1S/C8H4ClF3N2O2S/c9-17(15,16)6-3-1-5(2-4-6)7(13-14-7)8(10,11)12/h1-4H. The summed E-state index contributed by atoms with van der Waals surface area (Å²) in [6.07, 6.45) is -4.63. The lowest BCUT2D eigenvalue weighted by atomic mass is 10.0. The van der Waals surface area contributed by atoms with E-state index in [1.165, 1.54) is 0 Å². The maximum atomic E-state index is 12.6. The number of nitrogens with zero attached hydrogens (tertiary/aromatic N) is 2. The molecule has 0 radical (unpaired) electrons. The van der Waals surface area contributed by atoms with Crippen molar-refractivity contribution in [1.29, 1.82) is 0 Å². The number of benzene rings is 1. The highest BCUT2D eigenvalue weighted by atomic mass is 35.7. The van der Waals surface area contributed by atoms with Gasteiger partial charge in [0.25, 0.3) is 9.05 Å². The molecule has 0 unspecified atom stereocenters. The molecule has 9 heteroatoms. The average Bonchev–Trinajstić information content (AvgIpc) is 2.96. The lowest BCUT2D eigenvalue weighted by molar-refractivity contribution is -0.166. The molecule has 2 rings (SSSR count). The van der Waals surface area contributed by atoms with Crippen molar-refractivity contribution in [2.75, 3.05) is 0 Å². The molecule has 1 aromatic carbocycles. The smallest absolute Gasteiger partial charge is 0.207 e. The molecule has 0 saturated heterocycles. The normalized spacial score (nSPS) is 18.1. The average molecular weight is 285 g/mol. The summed E-state index contributed by atoms with van der Waals surface area (Å²) < 4.78 is 59.6. The first kappa shape index (κ1) is 12.3. The van der Waals surface area contributed by atoms with Crippen molar-refractivity contribution in [3.63, 3.8) is 0 Å². The van der Waals surface area contributed by atoms with Crippen LogP contribution in [0.15, 0.2) is 39.4 Å². The van der Waals surface area contributed by atoms with Crippen LogP contribution in [-0.4, -0.2) is 14.6 Å². The van der Waals surface area contributed by atoms with E-state index in [0.717, 1.165) is 24.3 Å². The molecule has 0 aliphatic carbocycles. The number of rotatable bonds is 2. The van der Waals surface area contributed by atoms with Gasteiger partial charge in [0.05, 0.1) is 4.90 Å². The van der Waals surface area contributed by atoms with Gasteiger partial charge < -0.3 is 0 Å². The van der Waals surface area contributed by atoms with Crippen LogP contribution in [0.3, 0.4) is 0 Å². The van der Waals surface area contributed by atoms with Gasteiger partial charge in [-0.3, -0.25) is 0 Å². The molecular weight excluding hydrogens is 281 g/mol. The second-order valence-electron chi connectivity index (χ2n) is 3.33. The summed E-state index contributed by atoms with van der Waals surface area (Å²) in [7, 11) is 1.08. The zero-order valence-corrected chi connectivity index (χ0v) is 9.51. The summed E-state index contributed by atoms with van der Waals surface area (Å²) in [4.78, 5) is -0.277. The van der Waals surface area contributed by atoms with Gasteiger partial charge in [-0.2, -0.15) is 13.2 Å². The second kappa shape index (κ2) is 3.42. The molecule has 0 bridgehead atoms. The van der Waals surface area contributed by atoms with Crippen LogP contribution in [0.25, 0.3) is 0 Å². The van der Waals surface area contributed by atoms with E-state index in [0.29, 0.717) is 0 Å². The Balaban J connectivity index is 2.38. The van der Waals surface area contributed by atoms with E-state index in [2.05, 4.69) is 10.2 Å². The molecule has 1 heterocycles. The van der Waals surface area contributed by atoms with Crippen molar-refractivity contribution in [1.82, 2.24) is 0 Å². The molecular formula is C8H4ClF3N2O2S. The molecule has 17 heavy (non-hydrogen) atoms. The van der Waals surface area contributed by atoms with Crippen molar-refractivity contribution in [3.05, 3.63) is 29.8 Å². The van der Waals surface area contributed by atoms with Gasteiger partial charge >= 0.3 is 11.8 Å². The van der Waals surface area contributed by atoms with Gasteiger partial charge in [-0.15, -0.1) is 10.2 Å². The zero-order chi connectivity index (χ0) is 12.9. The highest BCUT2D eigenvalue weighted by Crippen LogP contribution is 2.52. The van der Waals surface area contributed by atoms with Gasteiger partial charge in [0, 0.05) is 16.2 Å². The Morgan fingerprint density at radius 1 is 1.12 bits per heavy atom. The zero-order valence-electron chi connectivity index (χ0n) is 7.94. The highest BCUT2D eigenvalue weighted by Gasteiger charge is 2.65. The molecule has 0 saturated carbocycles. The van der Waals surface area contributed by atoms with Crippen molar-refractivity contribution in [2.45, 2.75) is 16.7 Å². The van der Waals surface area contributed by atoms with Crippen molar-refractivity contribution in [3.8, 4) is 0 Å². The van der Waals surface area contributed by atoms with Crippen LogP contribution < -0.4 is 0 Å². The van der Waals surface area contributed by atoms with Gasteiger partial charge in [-0.25, -0.2) is 8.42 Å². The quantitative estimate of drug-likeness (QED) is 0.784. The molecule has 0 spiro atoms. The lowest BCUT2D eigenvalue weighted by Gasteiger charge is -2.14. The minimum atomic E-state index is -4.63. The summed E-state index contributed by atoms with van der Waals surface area (Å²) in [5.41, 5.74) is -2.78. The number of hydrogen-bond acceptors (Lipinski definition) is 4. The first-order valence-corrected chi connectivity index (χ1v) is 6.54. The van der Waals surface area contributed by atoms with Crippen LogP contribution in [0.1, 0.15) is 5.56 Å². The number of halogens is 4. The summed E-state index contributed by atoms with van der Waals surface area (Å²) >= 11 is 0. The van der Waals surface area contributed by atoms with Gasteiger partial charge in [0.15, 0.2) is 0 Å². The predicted octanol–water partition coefficient (Wildman–Crippen LogP) is 2.80. The van der Waals surface area contributed by atoms with Gasteiger partial charge in [-0.1, -0.05) is 12.1 Å². The van der Waals surface area contributed by atoms with E-state index in [1.807, 2.05) is 0 Å². The van der Waals surface area contributed by atoms with Gasteiger partial charge in [-0.05, 0) is 12.1 Å². The maximum Gasteiger partial charge on any atom is 0.442 e. The van der Waals surface area contributed by atoms with Crippen LogP contribution in [0, 0.1) is 0 Å². The van der Waals surface area contributed by atoms with E-state index in [-0.39, 0.29) is 10.5 Å². The number of alkyl halides is 3. The van der Waals surface area contributed by atoms with E-state index in [9.17, 15) is 21.6 Å². The molecule has 0 N–H and O–H groups in total. The summed E-state index contributed by atoms with van der Waals surface area (Å²) in [5.74, 6) is 0. The van der Waals surface area contributed by atoms with Crippen LogP contribution in [0.2, 0.25) is 0 Å². The summed E-state index contributed by atoms with van der Waals surface area (Å²) in [6, 6.07) is 3.94. The molecule has 0 fully saturated rings. The van der Waals surface area contributed by atoms with E-state index in [4.69, 9.17) is 10.7 Å². The van der Waals surface area contributed by atoms with Crippen LogP contribution in [-0.2, 0) is 14.7 Å². The first-order chi connectivity index (χ1) is 7.67. The third kappa shape index (κ3) is 2.02. The molecule has 4 nitrogen and oxygen atoms in total. The Morgan fingerprint density at radius 3 is 1.88 bits per heavy atom. The fourth-order valence-electron chi connectivity index (χ4n) is 1.29. The Morgan fingerprint density at radius 2 is 1.59 bits per heavy atom. The highest BCUT2D eigenvalue weighted by molar-refractivity contribution is 8.13. The van der Waals surface area contributed by atoms with Gasteiger partial charge in [0.1, 0.15) is 0 Å².